The first-order valence-corrected chi connectivity index (χ1v) is 5.92. The quantitative estimate of drug-likeness (QED) is 0.846. The Kier molecular flexibility index (Phi) is 3.86. The molecular weight excluding hydrogens is 240 g/mol. The van der Waals surface area contributed by atoms with Crippen LogP contribution in [-0.4, -0.2) is 32.1 Å². The van der Waals surface area contributed by atoms with Crippen LogP contribution >= 0.6 is 11.6 Å². The zero-order chi connectivity index (χ0) is 12.3. The Bertz CT molecular complexity index is 423. The SMILES string of the molecule is COc1ccc(CC2NCCNC2=O)cc1Cl. The number of halogens is 1. The molecule has 1 saturated heterocycles. The predicted molar refractivity (Wildman–Crippen MR) is 66.5 cm³/mol. The Labute approximate surface area is 105 Å². The molecule has 1 aromatic carbocycles. The van der Waals surface area contributed by atoms with Crippen molar-refractivity contribution in [2.24, 2.45) is 0 Å². The number of hydrogen-bond acceptors (Lipinski definition) is 3. The number of methoxy groups -OCH3 is 1. The van der Waals surface area contributed by atoms with Crippen molar-refractivity contribution in [3.05, 3.63) is 28.8 Å². The molecule has 1 fully saturated rings. The molecule has 1 amide bonds. The Balaban J connectivity index is 2.07. The van der Waals surface area contributed by atoms with E-state index in [1.807, 2.05) is 18.2 Å². The van der Waals surface area contributed by atoms with Crippen molar-refractivity contribution in [1.29, 1.82) is 0 Å². The van der Waals surface area contributed by atoms with Crippen LogP contribution in [0.1, 0.15) is 5.56 Å². The Morgan fingerprint density at radius 3 is 2.94 bits per heavy atom. The van der Waals surface area contributed by atoms with Gasteiger partial charge in [0.1, 0.15) is 5.75 Å². The van der Waals surface area contributed by atoms with E-state index in [2.05, 4.69) is 10.6 Å². The number of carbonyl (C=O) groups is 1. The van der Waals surface area contributed by atoms with Crippen LogP contribution in [0.4, 0.5) is 0 Å². The number of amides is 1. The van der Waals surface area contributed by atoms with E-state index in [0.717, 1.165) is 12.1 Å². The molecule has 0 saturated carbocycles. The fraction of sp³-hybridized carbons (Fsp3) is 0.417. The molecule has 1 unspecified atom stereocenters. The van der Waals surface area contributed by atoms with Gasteiger partial charge < -0.3 is 15.4 Å². The minimum absolute atomic E-state index is 0.0446. The summed E-state index contributed by atoms with van der Waals surface area (Å²) in [5.74, 6) is 0.694. The molecule has 0 aromatic heterocycles. The van der Waals surface area contributed by atoms with Gasteiger partial charge in [0.2, 0.25) is 5.91 Å². The van der Waals surface area contributed by atoms with Crippen molar-refractivity contribution >= 4 is 17.5 Å². The second-order valence-corrected chi connectivity index (χ2v) is 4.38. The monoisotopic (exact) mass is 254 g/mol. The summed E-state index contributed by atoms with van der Waals surface area (Å²) in [6.45, 7) is 1.50. The standard InChI is InChI=1S/C12H15ClN2O2/c1-17-11-3-2-8(6-9(11)13)7-10-12(16)15-5-4-14-10/h2-3,6,10,14H,4-5,7H2,1H3,(H,15,16). The van der Waals surface area contributed by atoms with Crippen molar-refractivity contribution in [2.45, 2.75) is 12.5 Å². The highest BCUT2D eigenvalue weighted by atomic mass is 35.5. The Morgan fingerprint density at radius 1 is 1.47 bits per heavy atom. The highest BCUT2D eigenvalue weighted by Crippen LogP contribution is 2.25. The number of rotatable bonds is 3. The van der Waals surface area contributed by atoms with Gasteiger partial charge in [-0.1, -0.05) is 17.7 Å². The maximum absolute atomic E-state index is 11.6. The molecule has 1 aliphatic rings. The van der Waals surface area contributed by atoms with Crippen LogP contribution in [0.3, 0.4) is 0 Å². The number of hydrogen-bond donors (Lipinski definition) is 2. The van der Waals surface area contributed by atoms with Crippen LogP contribution in [0.15, 0.2) is 18.2 Å². The third-order valence-corrected chi connectivity index (χ3v) is 3.08. The topological polar surface area (TPSA) is 50.4 Å². The van der Waals surface area contributed by atoms with Gasteiger partial charge in [0.25, 0.3) is 0 Å². The van der Waals surface area contributed by atoms with E-state index in [1.165, 1.54) is 0 Å². The highest BCUT2D eigenvalue weighted by molar-refractivity contribution is 6.32. The molecule has 5 heteroatoms. The van der Waals surface area contributed by atoms with Crippen LogP contribution in [0.25, 0.3) is 0 Å². The van der Waals surface area contributed by atoms with E-state index in [4.69, 9.17) is 16.3 Å². The summed E-state index contributed by atoms with van der Waals surface area (Å²) in [5, 5.41) is 6.58. The van der Waals surface area contributed by atoms with Crippen LogP contribution in [0.5, 0.6) is 5.75 Å². The van der Waals surface area contributed by atoms with Crippen molar-refractivity contribution in [2.75, 3.05) is 20.2 Å². The molecule has 17 heavy (non-hydrogen) atoms. The second kappa shape index (κ2) is 5.38. The van der Waals surface area contributed by atoms with Gasteiger partial charge in [0.05, 0.1) is 18.2 Å². The number of ether oxygens (including phenoxy) is 1. The van der Waals surface area contributed by atoms with Crippen LogP contribution in [-0.2, 0) is 11.2 Å². The average Bonchev–Trinajstić information content (AvgIpc) is 2.32. The van der Waals surface area contributed by atoms with Gasteiger partial charge in [-0.15, -0.1) is 0 Å². The predicted octanol–water partition coefficient (Wildman–Crippen LogP) is 0.979. The number of carbonyl (C=O) groups excluding carboxylic acids is 1. The van der Waals surface area contributed by atoms with Gasteiger partial charge in [-0.3, -0.25) is 4.79 Å². The van der Waals surface area contributed by atoms with Gasteiger partial charge in [-0.25, -0.2) is 0 Å². The molecule has 92 valence electrons. The normalized spacial score (nSPS) is 19.9. The van der Waals surface area contributed by atoms with E-state index < -0.39 is 0 Å². The molecule has 0 bridgehead atoms. The molecule has 1 aromatic rings. The molecule has 0 aliphatic carbocycles. The second-order valence-electron chi connectivity index (χ2n) is 3.97. The summed E-state index contributed by atoms with van der Waals surface area (Å²) in [6.07, 6.45) is 0.634. The molecule has 1 aliphatic heterocycles. The molecule has 2 rings (SSSR count). The number of piperazine rings is 1. The average molecular weight is 255 g/mol. The first-order chi connectivity index (χ1) is 8.20. The van der Waals surface area contributed by atoms with Gasteiger partial charge >= 0.3 is 0 Å². The van der Waals surface area contributed by atoms with Crippen molar-refractivity contribution < 1.29 is 9.53 Å². The minimum Gasteiger partial charge on any atom is -0.495 e. The number of nitrogens with one attached hydrogen (secondary N) is 2. The largest absolute Gasteiger partial charge is 0.495 e. The Hall–Kier alpha value is -1.26. The number of benzene rings is 1. The lowest BCUT2D eigenvalue weighted by atomic mass is 10.0. The fourth-order valence-corrected chi connectivity index (χ4v) is 2.17. The third kappa shape index (κ3) is 2.90. The zero-order valence-corrected chi connectivity index (χ0v) is 10.4. The van der Waals surface area contributed by atoms with Gasteiger partial charge in [0.15, 0.2) is 0 Å². The summed E-state index contributed by atoms with van der Waals surface area (Å²) in [6, 6.07) is 5.41. The smallest absolute Gasteiger partial charge is 0.237 e. The molecule has 0 radical (unpaired) electrons. The summed E-state index contributed by atoms with van der Waals surface area (Å²) < 4.78 is 5.08. The van der Waals surface area contributed by atoms with Crippen molar-refractivity contribution in [3.63, 3.8) is 0 Å². The van der Waals surface area contributed by atoms with E-state index in [1.54, 1.807) is 7.11 Å². The minimum atomic E-state index is -0.173. The van der Waals surface area contributed by atoms with Crippen LogP contribution < -0.4 is 15.4 Å². The van der Waals surface area contributed by atoms with Gasteiger partial charge in [-0.05, 0) is 24.1 Å². The lowest BCUT2D eigenvalue weighted by Gasteiger charge is -2.23. The molecule has 1 atom stereocenters. The van der Waals surface area contributed by atoms with Crippen molar-refractivity contribution in [1.82, 2.24) is 10.6 Å². The van der Waals surface area contributed by atoms with Crippen LogP contribution in [0, 0.1) is 0 Å². The summed E-state index contributed by atoms with van der Waals surface area (Å²) in [4.78, 5) is 11.6. The molecule has 0 spiro atoms. The zero-order valence-electron chi connectivity index (χ0n) is 9.63. The van der Waals surface area contributed by atoms with Gasteiger partial charge in [-0.2, -0.15) is 0 Å². The molecular formula is C12H15ClN2O2. The Morgan fingerprint density at radius 2 is 2.29 bits per heavy atom. The van der Waals surface area contributed by atoms with Crippen LogP contribution in [0.2, 0.25) is 5.02 Å². The summed E-state index contributed by atoms with van der Waals surface area (Å²) >= 11 is 6.04. The fourth-order valence-electron chi connectivity index (χ4n) is 1.89. The van der Waals surface area contributed by atoms with Gasteiger partial charge in [0, 0.05) is 13.1 Å². The van der Waals surface area contributed by atoms with E-state index in [0.29, 0.717) is 23.7 Å². The third-order valence-electron chi connectivity index (χ3n) is 2.79. The molecule has 1 heterocycles. The van der Waals surface area contributed by atoms with Crippen molar-refractivity contribution in [3.8, 4) is 5.75 Å². The maximum atomic E-state index is 11.6. The molecule has 4 nitrogen and oxygen atoms in total. The summed E-state index contributed by atoms with van der Waals surface area (Å²) in [5.41, 5.74) is 1.02. The van der Waals surface area contributed by atoms with E-state index in [-0.39, 0.29) is 11.9 Å². The lowest BCUT2D eigenvalue weighted by Crippen LogP contribution is -2.53. The highest BCUT2D eigenvalue weighted by Gasteiger charge is 2.21. The first kappa shape index (κ1) is 12.2. The lowest BCUT2D eigenvalue weighted by molar-refractivity contribution is -0.124. The summed E-state index contributed by atoms with van der Waals surface area (Å²) in [7, 11) is 1.58. The first-order valence-electron chi connectivity index (χ1n) is 5.54. The van der Waals surface area contributed by atoms with E-state index >= 15 is 0 Å². The van der Waals surface area contributed by atoms with E-state index in [9.17, 15) is 4.79 Å². The molecule has 2 N–H and O–H groups in total. The maximum Gasteiger partial charge on any atom is 0.237 e.